The molecule has 1 aliphatic heterocycles. The summed E-state index contributed by atoms with van der Waals surface area (Å²) in [7, 11) is 1.56. The van der Waals surface area contributed by atoms with E-state index in [0.29, 0.717) is 11.4 Å². The molecule has 4 amide bonds. The van der Waals surface area contributed by atoms with Gasteiger partial charge in [0.2, 0.25) is 0 Å². The van der Waals surface area contributed by atoms with E-state index >= 15 is 0 Å². The number of rotatable bonds is 10. The van der Waals surface area contributed by atoms with Gasteiger partial charge in [0.25, 0.3) is 0 Å². The lowest BCUT2D eigenvalue weighted by Crippen LogP contribution is -2.52. The fourth-order valence-corrected chi connectivity index (χ4v) is 5.97. The van der Waals surface area contributed by atoms with Crippen molar-refractivity contribution < 1.29 is 28.2 Å². The molecule has 0 saturated carbocycles. The van der Waals surface area contributed by atoms with Gasteiger partial charge < -0.3 is 25.0 Å². The van der Waals surface area contributed by atoms with Crippen LogP contribution >= 0.6 is 23.4 Å². The van der Waals surface area contributed by atoms with E-state index in [2.05, 4.69) is 20.9 Å². The minimum Gasteiger partial charge on any atom is -0.448 e. The fraction of sp³-hybridized carbons (Fsp3) is 0.226. The predicted molar refractivity (Wildman–Crippen MR) is 167 cm³/mol. The van der Waals surface area contributed by atoms with Crippen LogP contribution < -0.4 is 16.0 Å². The van der Waals surface area contributed by atoms with Crippen LogP contribution in [0.5, 0.6) is 0 Å². The molecule has 13 heteroatoms. The number of urea groups is 1. The lowest BCUT2D eigenvalue weighted by molar-refractivity contribution is 0.130. The quantitative estimate of drug-likeness (QED) is 0.178. The molecule has 228 valence electrons. The van der Waals surface area contributed by atoms with Gasteiger partial charge in [0.05, 0.1) is 16.8 Å². The normalized spacial score (nSPS) is 16.9. The Bertz CT molecular complexity index is 1670. The number of benzene rings is 3. The maximum absolute atomic E-state index is 13.9. The highest BCUT2D eigenvalue weighted by Gasteiger charge is 2.61. The molecule has 1 aromatic heterocycles. The molecular weight excluding hydrogens is 609 g/mol. The lowest BCUT2D eigenvalue weighted by atomic mass is 10.2. The minimum absolute atomic E-state index is 0.0117. The first-order valence-electron chi connectivity index (χ1n) is 13.6. The molecule has 5 rings (SSSR count). The van der Waals surface area contributed by atoms with E-state index in [0.717, 1.165) is 16.3 Å². The van der Waals surface area contributed by atoms with Gasteiger partial charge in [-0.2, -0.15) is 0 Å². The van der Waals surface area contributed by atoms with E-state index in [9.17, 15) is 18.8 Å². The van der Waals surface area contributed by atoms with E-state index in [1.807, 2.05) is 54.6 Å². The van der Waals surface area contributed by atoms with E-state index in [4.69, 9.17) is 21.1 Å². The molecule has 0 spiro atoms. The third kappa shape index (κ3) is 7.50. The zero-order chi connectivity index (χ0) is 31.1. The number of halogens is 2. The number of nitrogens with zero attached hydrogens (tertiary/aromatic N) is 2. The van der Waals surface area contributed by atoms with Crippen LogP contribution in [-0.4, -0.2) is 58.4 Å². The number of fused-ring (bicyclic) bond motifs is 1. The largest absolute Gasteiger partial charge is 0.448 e. The highest BCUT2D eigenvalue weighted by atomic mass is 35.5. The summed E-state index contributed by atoms with van der Waals surface area (Å²) < 4.78 is 24.6. The Morgan fingerprint density at radius 2 is 1.73 bits per heavy atom. The van der Waals surface area contributed by atoms with Crippen LogP contribution in [0.1, 0.15) is 11.1 Å². The Kier molecular flexibility index (Phi) is 9.71. The van der Waals surface area contributed by atoms with Gasteiger partial charge in [0.15, 0.2) is 0 Å². The van der Waals surface area contributed by atoms with Crippen molar-refractivity contribution in [2.45, 2.75) is 23.3 Å². The van der Waals surface area contributed by atoms with Crippen molar-refractivity contribution in [2.75, 3.05) is 25.5 Å². The van der Waals surface area contributed by atoms with E-state index in [1.54, 1.807) is 25.4 Å². The second-order valence-corrected chi connectivity index (χ2v) is 11.8. The molecule has 1 saturated heterocycles. The third-order valence-corrected chi connectivity index (χ3v) is 9.14. The Morgan fingerprint density at radius 3 is 2.52 bits per heavy atom. The number of alkyl carbamates (subject to hydrolysis) is 1. The average molecular weight is 638 g/mol. The zero-order valence-electron chi connectivity index (χ0n) is 23.6. The second-order valence-electron chi connectivity index (χ2n) is 9.94. The first-order chi connectivity index (χ1) is 21.2. The van der Waals surface area contributed by atoms with Crippen molar-refractivity contribution in [3.05, 3.63) is 107 Å². The molecule has 44 heavy (non-hydrogen) atoms. The summed E-state index contributed by atoms with van der Waals surface area (Å²) >= 11 is 7.38. The van der Waals surface area contributed by atoms with Crippen molar-refractivity contribution in [2.24, 2.45) is 0 Å². The number of nitrogens with one attached hydrogen (secondary N) is 3. The Balaban J connectivity index is 1.20. The van der Waals surface area contributed by atoms with Crippen LogP contribution in [0.3, 0.4) is 0 Å². The van der Waals surface area contributed by atoms with E-state index < -0.39 is 28.9 Å². The van der Waals surface area contributed by atoms with Crippen molar-refractivity contribution in [3.63, 3.8) is 0 Å². The van der Waals surface area contributed by atoms with Crippen molar-refractivity contribution in [1.82, 2.24) is 20.5 Å². The molecule has 4 aromatic rings. The van der Waals surface area contributed by atoms with Gasteiger partial charge in [0, 0.05) is 25.2 Å². The molecule has 1 fully saturated rings. The summed E-state index contributed by atoms with van der Waals surface area (Å²) in [5.74, 6) is -0.257. The van der Waals surface area contributed by atoms with Gasteiger partial charge in [0.1, 0.15) is 29.7 Å². The molecule has 2 atom stereocenters. The maximum atomic E-state index is 13.9. The molecule has 0 aliphatic carbocycles. The van der Waals surface area contributed by atoms with Gasteiger partial charge in [-0.05, 0) is 28.6 Å². The standard InChI is InChI=1S/C31H29ClFN5O5S/c1-38(28(39)35-16-23-12-7-13-24(33)27(23)32)31(19-36-29(40)42-17-20-8-3-2-4-9-20)25(44-31)18-43-30(41)37-26-14-21-10-5-6-11-22(21)15-34-26/h2-15,25H,16-19H2,1H3,(H,35,39)(H,36,40)(H,34,37,41)/t25?,31-/m0/s1. The SMILES string of the molecule is CN(C(=O)NCc1cccc(F)c1Cl)[C@@]1(CNC(=O)OCc2ccccc2)SC1COC(=O)Nc1cc2ccccc2cn1. The molecule has 1 unspecified atom stereocenters. The molecule has 0 bridgehead atoms. The Hall–Kier alpha value is -4.55. The first kappa shape index (κ1) is 30.9. The first-order valence-corrected chi connectivity index (χ1v) is 14.9. The van der Waals surface area contributed by atoms with Crippen LogP contribution in [0.25, 0.3) is 10.8 Å². The number of aromatic nitrogens is 1. The highest BCUT2D eigenvalue weighted by molar-refractivity contribution is 8.08. The smallest absolute Gasteiger partial charge is 0.412 e. The summed E-state index contributed by atoms with van der Waals surface area (Å²) in [4.78, 5) is 43.0. The number of thioether (sulfide) groups is 1. The van der Waals surface area contributed by atoms with Crippen molar-refractivity contribution >= 4 is 58.2 Å². The van der Waals surface area contributed by atoms with E-state index in [-0.39, 0.29) is 36.6 Å². The van der Waals surface area contributed by atoms with Gasteiger partial charge >= 0.3 is 18.2 Å². The summed E-state index contributed by atoms with van der Waals surface area (Å²) in [5.41, 5.74) is 1.23. The number of ether oxygens (including phenoxy) is 2. The number of hydrogen-bond donors (Lipinski definition) is 3. The monoisotopic (exact) mass is 637 g/mol. The third-order valence-electron chi connectivity index (χ3n) is 7.05. The Labute approximate surface area is 262 Å². The number of carbonyl (C=O) groups is 3. The molecular formula is C31H29ClFN5O5S. The Morgan fingerprint density at radius 1 is 0.977 bits per heavy atom. The number of pyridine rings is 1. The average Bonchev–Trinajstić information content (AvgIpc) is 3.76. The van der Waals surface area contributed by atoms with E-state index in [1.165, 1.54) is 28.8 Å². The van der Waals surface area contributed by atoms with Crippen molar-refractivity contribution in [3.8, 4) is 0 Å². The van der Waals surface area contributed by atoms with Gasteiger partial charge in [-0.1, -0.05) is 78.3 Å². The van der Waals surface area contributed by atoms with Crippen LogP contribution in [0, 0.1) is 5.82 Å². The summed E-state index contributed by atoms with van der Waals surface area (Å²) in [6, 6.07) is 22.4. The summed E-state index contributed by atoms with van der Waals surface area (Å²) in [6.07, 6.45) is 0.276. The van der Waals surface area contributed by atoms with Crippen LogP contribution in [0.4, 0.5) is 24.6 Å². The van der Waals surface area contributed by atoms with Crippen LogP contribution in [0.2, 0.25) is 5.02 Å². The van der Waals surface area contributed by atoms with Crippen LogP contribution in [0.15, 0.2) is 85.1 Å². The number of likely N-dealkylation sites (N-methyl/N-ethyl adjacent to an activating group) is 1. The van der Waals surface area contributed by atoms with Crippen LogP contribution in [-0.2, 0) is 22.6 Å². The van der Waals surface area contributed by atoms with Gasteiger partial charge in [-0.25, -0.2) is 23.8 Å². The molecule has 1 aliphatic rings. The fourth-order valence-electron chi connectivity index (χ4n) is 4.51. The number of carbonyl (C=O) groups excluding carboxylic acids is 3. The number of hydrogen-bond acceptors (Lipinski definition) is 7. The molecule has 10 nitrogen and oxygen atoms in total. The van der Waals surface area contributed by atoms with Gasteiger partial charge in [-0.15, -0.1) is 11.8 Å². The van der Waals surface area contributed by atoms with Gasteiger partial charge in [-0.3, -0.25) is 5.32 Å². The lowest BCUT2D eigenvalue weighted by Gasteiger charge is -2.28. The topological polar surface area (TPSA) is 122 Å². The minimum atomic E-state index is -0.955. The number of anilines is 1. The maximum Gasteiger partial charge on any atom is 0.412 e. The van der Waals surface area contributed by atoms with Crippen molar-refractivity contribution in [1.29, 1.82) is 0 Å². The second kappa shape index (κ2) is 13.8. The molecule has 3 N–H and O–H groups in total. The zero-order valence-corrected chi connectivity index (χ0v) is 25.2. The number of amides is 4. The summed E-state index contributed by atoms with van der Waals surface area (Å²) in [6.45, 7) is 0.0123. The molecule has 0 radical (unpaired) electrons. The predicted octanol–water partition coefficient (Wildman–Crippen LogP) is 6.16. The highest BCUT2D eigenvalue weighted by Crippen LogP contribution is 2.55. The summed E-state index contributed by atoms with van der Waals surface area (Å²) in [5, 5.41) is 9.46. The molecule has 3 aromatic carbocycles. The molecule has 2 heterocycles.